The van der Waals surface area contributed by atoms with Crippen LogP contribution in [-0.2, 0) is 14.4 Å². The number of aliphatic carboxylic acids is 1. The first-order valence-electron chi connectivity index (χ1n) is 9.54. The van der Waals surface area contributed by atoms with Gasteiger partial charge in [0, 0.05) is 18.5 Å². The molecule has 3 rings (SSSR count). The number of ketones is 1. The molecule has 0 aliphatic carbocycles. The molecule has 7 nitrogen and oxygen atoms in total. The molecule has 2 aromatic carbocycles. The van der Waals surface area contributed by atoms with E-state index in [0.29, 0.717) is 16.9 Å². The van der Waals surface area contributed by atoms with Crippen LogP contribution in [0.4, 0.5) is 0 Å². The fourth-order valence-corrected chi connectivity index (χ4v) is 3.51. The molecule has 30 heavy (non-hydrogen) atoms. The third-order valence-corrected chi connectivity index (χ3v) is 5.09. The Kier molecular flexibility index (Phi) is 6.20. The van der Waals surface area contributed by atoms with Gasteiger partial charge in [0.15, 0.2) is 0 Å². The Morgan fingerprint density at radius 2 is 1.67 bits per heavy atom. The van der Waals surface area contributed by atoms with Crippen LogP contribution in [0.15, 0.2) is 54.1 Å². The minimum atomic E-state index is -0.979. The van der Waals surface area contributed by atoms with Gasteiger partial charge in [0.05, 0.1) is 18.7 Å². The van der Waals surface area contributed by atoms with Crippen LogP contribution in [0, 0.1) is 6.92 Å². The molecule has 0 unspecified atom stereocenters. The zero-order valence-corrected chi connectivity index (χ0v) is 16.8. The molecule has 1 aliphatic heterocycles. The molecule has 0 saturated carbocycles. The third-order valence-electron chi connectivity index (χ3n) is 5.09. The number of ether oxygens (including phenoxy) is 1. The lowest BCUT2D eigenvalue weighted by atomic mass is 9.95. The maximum atomic E-state index is 12.9. The number of hydrogen-bond donors (Lipinski definition) is 2. The van der Waals surface area contributed by atoms with E-state index in [1.54, 1.807) is 48.5 Å². The number of methoxy groups -OCH3 is 1. The van der Waals surface area contributed by atoms with Crippen LogP contribution in [0.1, 0.15) is 35.6 Å². The molecule has 1 saturated heterocycles. The molecule has 1 atom stereocenters. The Morgan fingerprint density at radius 1 is 1.03 bits per heavy atom. The van der Waals surface area contributed by atoms with E-state index in [0.717, 1.165) is 5.56 Å². The average molecular weight is 409 g/mol. The van der Waals surface area contributed by atoms with Crippen LogP contribution >= 0.6 is 0 Å². The summed E-state index contributed by atoms with van der Waals surface area (Å²) < 4.78 is 5.17. The fraction of sp³-hybridized carbons (Fsp3) is 0.261. The van der Waals surface area contributed by atoms with E-state index in [9.17, 15) is 19.5 Å². The van der Waals surface area contributed by atoms with Gasteiger partial charge in [-0.15, -0.1) is 0 Å². The summed E-state index contributed by atoms with van der Waals surface area (Å²) in [4.78, 5) is 37.8. The van der Waals surface area contributed by atoms with Gasteiger partial charge >= 0.3 is 5.97 Å². The van der Waals surface area contributed by atoms with Gasteiger partial charge in [0.1, 0.15) is 11.5 Å². The molecular formula is C23H23NO6. The largest absolute Gasteiger partial charge is 0.507 e. The number of aryl methyl sites for hydroxylation is 1. The number of hydrogen-bond acceptors (Lipinski definition) is 5. The number of benzene rings is 2. The predicted molar refractivity (Wildman–Crippen MR) is 110 cm³/mol. The lowest BCUT2D eigenvalue weighted by molar-refractivity contribution is -0.140. The number of carboxylic acid groups (broad SMARTS) is 1. The van der Waals surface area contributed by atoms with Crippen LogP contribution in [0.25, 0.3) is 5.76 Å². The number of aliphatic hydroxyl groups excluding tert-OH is 1. The number of amides is 1. The van der Waals surface area contributed by atoms with Gasteiger partial charge in [-0.05, 0) is 31.0 Å². The van der Waals surface area contributed by atoms with Crippen LogP contribution in [0.5, 0.6) is 5.75 Å². The summed E-state index contributed by atoms with van der Waals surface area (Å²) in [5.74, 6) is -2.17. The topological polar surface area (TPSA) is 104 Å². The Labute approximate surface area is 174 Å². The van der Waals surface area contributed by atoms with Gasteiger partial charge in [-0.1, -0.05) is 42.0 Å². The quantitative estimate of drug-likeness (QED) is 0.413. The Morgan fingerprint density at radius 3 is 2.23 bits per heavy atom. The molecule has 156 valence electrons. The van der Waals surface area contributed by atoms with E-state index in [1.807, 2.05) is 6.92 Å². The summed E-state index contributed by atoms with van der Waals surface area (Å²) in [6.07, 6.45) is 0.0654. The highest BCUT2D eigenvalue weighted by atomic mass is 16.5. The molecule has 2 N–H and O–H groups in total. The molecule has 0 bridgehead atoms. The first kappa shape index (κ1) is 21.1. The van der Waals surface area contributed by atoms with E-state index in [2.05, 4.69) is 0 Å². The first-order chi connectivity index (χ1) is 14.3. The Bertz CT molecular complexity index is 991. The number of rotatable bonds is 7. The van der Waals surface area contributed by atoms with Crippen molar-refractivity contribution >= 4 is 23.4 Å². The molecular weight excluding hydrogens is 386 g/mol. The molecule has 0 aromatic heterocycles. The molecule has 2 aromatic rings. The van der Waals surface area contributed by atoms with Crippen molar-refractivity contribution in [3.63, 3.8) is 0 Å². The number of aliphatic hydroxyl groups is 1. The lowest BCUT2D eigenvalue weighted by Gasteiger charge is -2.25. The van der Waals surface area contributed by atoms with Crippen molar-refractivity contribution in [2.45, 2.75) is 25.8 Å². The number of carboxylic acids is 1. The number of carbonyl (C=O) groups excluding carboxylic acids is 2. The van der Waals surface area contributed by atoms with Crippen molar-refractivity contribution in [3.05, 3.63) is 70.8 Å². The molecule has 0 spiro atoms. The van der Waals surface area contributed by atoms with Crippen LogP contribution in [-0.4, -0.2) is 46.4 Å². The van der Waals surface area contributed by atoms with Crippen molar-refractivity contribution in [1.82, 2.24) is 4.90 Å². The van der Waals surface area contributed by atoms with Gasteiger partial charge < -0.3 is 19.8 Å². The second-order valence-electron chi connectivity index (χ2n) is 7.13. The first-order valence-corrected chi connectivity index (χ1v) is 9.54. The highest BCUT2D eigenvalue weighted by molar-refractivity contribution is 6.46. The van der Waals surface area contributed by atoms with Crippen LogP contribution in [0.2, 0.25) is 0 Å². The number of carbonyl (C=O) groups is 3. The third kappa shape index (κ3) is 4.20. The van der Waals surface area contributed by atoms with Crippen molar-refractivity contribution in [2.24, 2.45) is 0 Å². The summed E-state index contributed by atoms with van der Waals surface area (Å²) in [5.41, 5.74) is 2.04. The highest BCUT2D eigenvalue weighted by Gasteiger charge is 2.45. The standard InChI is InChI=1S/C23H23NO6/c1-14-5-7-16(8-6-14)21(27)19-20(15-9-11-17(30-2)12-10-15)24(23(29)22(19)28)13-3-4-18(25)26/h5-12,20,27H,3-4,13H2,1-2H3,(H,25,26)/b21-19+/t20-/m0/s1. The normalized spacial score (nSPS) is 17.9. The average Bonchev–Trinajstić information content (AvgIpc) is 2.98. The SMILES string of the molecule is COc1ccc([C@H]2/C(=C(\O)c3ccc(C)cc3)C(=O)C(=O)N2CCCC(=O)O)cc1. The van der Waals surface area contributed by atoms with Crippen molar-refractivity contribution in [1.29, 1.82) is 0 Å². The van der Waals surface area contributed by atoms with Gasteiger partial charge in [-0.2, -0.15) is 0 Å². The highest BCUT2D eigenvalue weighted by Crippen LogP contribution is 2.40. The van der Waals surface area contributed by atoms with Gasteiger partial charge in [0.2, 0.25) is 0 Å². The minimum absolute atomic E-state index is 0.00987. The maximum Gasteiger partial charge on any atom is 0.303 e. The van der Waals surface area contributed by atoms with E-state index in [1.165, 1.54) is 12.0 Å². The van der Waals surface area contributed by atoms with E-state index in [-0.39, 0.29) is 30.7 Å². The summed E-state index contributed by atoms with van der Waals surface area (Å²) in [6.45, 7) is 1.99. The van der Waals surface area contributed by atoms with E-state index in [4.69, 9.17) is 9.84 Å². The van der Waals surface area contributed by atoms with Crippen molar-refractivity contribution in [3.8, 4) is 5.75 Å². The zero-order chi connectivity index (χ0) is 21.8. The molecule has 7 heteroatoms. The molecule has 1 aliphatic rings. The van der Waals surface area contributed by atoms with E-state index >= 15 is 0 Å². The summed E-state index contributed by atoms with van der Waals surface area (Å²) in [6, 6.07) is 13.0. The van der Waals surface area contributed by atoms with Crippen molar-refractivity contribution < 1.29 is 29.3 Å². The molecule has 1 amide bonds. The number of nitrogens with zero attached hydrogens (tertiary/aromatic N) is 1. The number of likely N-dealkylation sites (tertiary alicyclic amines) is 1. The van der Waals surface area contributed by atoms with Gasteiger partial charge in [0.25, 0.3) is 11.7 Å². The fourth-order valence-electron chi connectivity index (χ4n) is 3.51. The van der Waals surface area contributed by atoms with Crippen LogP contribution in [0.3, 0.4) is 0 Å². The van der Waals surface area contributed by atoms with Crippen molar-refractivity contribution in [2.75, 3.05) is 13.7 Å². The van der Waals surface area contributed by atoms with Crippen LogP contribution < -0.4 is 4.74 Å². The predicted octanol–water partition coefficient (Wildman–Crippen LogP) is 3.29. The van der Waals surface area contributed by atoms with Gasteiger partial charge in [-0.3, -0.25) is 14.4 Å². The summed E-state index contributed by atoms with van der Waals surface area (Å²) in [5, 5.41) is 19.8. The molecule has 0 radical (unpaired) electrons. The Balaban J connectivity index is 2.08. The second-order valence-corrected chi connectivity index (χ2v) is 7.13. The monoisotopic (exact) mass is 409 g/mol. The Hall–Kier alpha value is -3.61. The summed E-state index contributed by atoms with van der Waals surface area (Å²) in [7, 11) is 1.53. The summed E-state index contributed by atoms with van der Waals surface area (Å²) >= 11 is 0. The second kappa shape index (κ2) is 8.82. The smallest absolute Gasteiger partial charge is 0.303 e. The number of Topliss-reactive ketones (excluding diaryl/α,β-unsaturated/α-hetero) is 1. The molecule has 1 heterocycles. The zero-order valence-electron chi connectivity index (χ0n) is 16.8. The minimum Gasteiger partial charge on any atom is -0.507 e. The molecule has 1 fully saturated rings. The maximum absolute atomic E-state index is 12.9. The van der Waals surface area contributed by atoms with E-state index < -0.39 is 23.7 Å². The lowest BCUT2D eigenvalue weighted by Crippen LogP contribution is -2.31. The van der Waals surface area contributed by atoms with Gasteiger partial charge in [-0.25, -0.2) is 0 Å².